The van der Waals surface area contributed by atoms with Crippen LogP contribution in [-0.2, 0) is 6.42 Å². The highest BCUT2D eigenvalue weighted by Gasteiger charge is 2.16. The molecular weight excluding hydrogens is 220 g/mol. The molecule has 0 N–H and O–H groups in total. The van der Waals surface area contributed by atoms with Crippen molar-refractivity contribution in [3.05, 3.63) is 34.9 Å². The molecule has 0 atom stereocenters. The number of hydrogen-bond donors (Lipinski definition) is 0. The van der Waals surface area contributed by atoms with Crippen LogP contribution in [0.1, 0.15) is 79.3 Å². The number of carbonyl (C=O) groups excluding carboxylic acids is 1. The summed E-state index contributed by atoms with van der Waals surface area (Å²) in [5, 5.41) is 0. The third-order valence-electron chi connectivity index (χ3n) is 4.17. The van der Waals surface area contributed by atoms with Gasteiger partial charge in [0.1, 0.15) is 6.29 Å². The fourth-order valence-corrected chi connectivity index (χ4v) is 3.01. The Morgan fingerprint density at radius 3 is 2.67 bits per heavy atom. The summed E-state index contributed by atoms with van der Waals surface area (Å²) in [4.78, 5) is 11.1. The standard InChI is InChI=1S/C17H24O/c1-2-3-7-15-12-16(10-11-17(15)13-18)14-8-5-4-6-9-14/h10-14H,2-9H2,1H3. The van der Waals surface area contributed by atoms with Gasteiger partial charge in [-0.2, -0.15) is 0 Å². The number of rotatable bonds is 5. The van der Waals surface area contributed by atoms with Crippen molar-refractivity contribution in [1.29, 1.82) is 0 Å². The summed E-state index contributed by atoms with van der Waals surface area (Å²) >= 11 is 0. The molecule has 0 bridgehead atoms. The van der Waals surface area contributed by atoms with E-state index in [1.165, 1.54) is 56.1 Å². The van der Waals surface area contributed by atoms with Gasteiger partial charge in [-0.3, -0.25) is 4.79 Å². The van der Waals surface area contributed by atoms with E-state index in [4.69, 9.17) is 0 Å². The molecule has 18 heavy (non-hydrogen) atoms. The number of carbonyl (C=O) groups is 1. The molecule has 1 aliphatic rings. The molecule has 1 heteroatoms. The van der Waals surface area contributed by atoms with E-state index in [2.05, 4.69) is 19.1 Å². The molecule has 0 spiro atoms. The van der Waals surface area contributed by atoms with Gasteiger partial charge in [0.2, 0.25) is 0 Å². The molecule has 0 aliphatic heterocycles. The lowest BCUT2D eigenvalue weighted by atomic mass is 9.83. The number of hydrogen-bond acceptors (Lipinski definition) is 1. The monoisotopic (exact) mass is 244 g/mol. The third kappa shape index (κ3) is 3.22. The maximum atomic E-state index is 11.1. The van der Waals surface area contributed by atoms with Gasteiger partial charge >= 0.3 is 0 Å². The first-order chi connectivity index (χ1) is 8.85. The van der Waals surface area contributed by atoms with Crippen molar-refractivity contribution < 1.29 is 4.79 Å². The molecule has 1 aliphatic carbocycles. The molecule has 98 valence electrons. The van der Waals surface area contributed by atoms with E-state index in [9.17, 15) is 4.79 Å². The Kier molecular flexibility index (Phi) is 4.98. The first-order valence-electron chi connectivity index (χ1n) is 7.43. The van der Waals surface area contributed by atoms with Crippen molar-refractivity contribution in [3.63, 3.8) is 0 Å². The van der Waals surface area contributed by atoms with Gasteiger partial charge < -0.3 is 0 Å². The molecule has 0 heterocycles. The quantitative estimate of drug-likeness (QED) is 0.674. The smallest absolute Gasteiger partial charge is 0.150 e. The third-order valence-corrected chi connectivity index (χ3v) is 4.17. The summed E-state index contributed by atoms with van der Waals surface area (Å²) in [6.45, 7) is 2.20. The summed E-state index contributed by atoms with van der Waals surface area (Å²) in [5.74, 6) is 0.736. The molecule has 0 amide bonds. The maximum Gasteiger partial charge on any atom is 0.150 e. The Morgan fingerprint density at radius 1 is 1.22 bits per heavy atom. The first-order valence-corrected chi connectivity index (χ1v) is 7.43. The minimum atomic E-state index is 0.736. The molecule has 0 radical (unpaired) electrons. The second kappa shape index (κ2) is 6.72. The molecule has 1 nitrogen and oxygen atoms in total. The van der Waals surface area contributed by atoms with E-state index in [-0.39, 0.29) is 0 Å². The fourth-order valence-electron chi connectivity index (χ4n) is 3.01. The van der Waals surface area contributed by atoms with Crippen LogP contribution >= 0.6 is 0 Å². The lowest BCUT2D eigenvalue weighted by Crippen LogP contribution is -2.06. The van der Waals surface area contributed by atoms with E-state index in [1.807, 2.05) is 6.07 Å². The Morgan fingerprint density at radius 2 is 2.00 bits per heavy atom. The van der Waals surface area contributed by atoms with Crippen LogP contribution in [0.4, 0.5) is 0 Å². The Hall–Kier alpha value is -1.11. The Balaban J connectivity index is 2.17. The molecule has 0 saturated heterocycles. The normalized spacial score (nSPS) is 16.7. The van der Waals surface area contributed by atoms with E-state index in [0.717, 1.165) is 24.2 Å². The van der Waals surface area contributed by atoms with Gasteiger partial charge in [-0.15, -0.1) is 0 Å². The van der Waals surface area contributed by atoms with Crippen LogP contribution in [0.25, 0.3) is 0 Å². The molecule has 0 aromatic heterocycles. The number of aldehydes is 1. The second-order valence-corrected chi connectivity index (χ2v) is 5.51. The molecular formula is C17H24O. The van der Waals surface area contributed by atoms with Crippen molar-refractivity contribution >= 4 is 6.29 Å². The first kappa shape index (κ1) is 13.3. The zero-order valence-corrected chi connectivity index (χ0v) is 11.5. The van der Waals surface area contributed by atoms with Gasteiger partial charge in [-0.25, -0.2) is 0 Å². The average molecular weight is 244 g/mol. The molecule has 0 unspecified atom stereocenters. The van der Waals surface area contributed by atoms with Crippen molar-refractivity contribution in [2.24, 2.45) is 0 Å². The van der Waals surface area contributed by atoms with Crippen molar-refractivity contribution in [1.82, 2.24) is 0 Å². The van der Waals surface area contributed by atoms with E-state index in [0.29, 0.717) is 0 Å². The lowest BCUT2D eigenvalue weighted by molar-refractivity contribution is 0.112. The van der Waals surface area contributed by atoms with Gasteiger partial charge in [0.05, 0.1) is 0 Å². The minimum absolute atomic E-state index is 0.736. The van der Waals surface area contributed by atoms with Crippen molar-refractivity contribution in [3.8, 4) is 0 Å². The van der Waals surface area contributed by atoms with Crippen LogP contribution in [0.5, 0.6) is 0 Å². The highest BCUT2D eigenvalue weighted by Crippen LogP contribution is 2.33. The van der Waals surface area contributed by atoms with E-state index >= 15 is 0 Å². The summed E-state index contributed by atoms with van der Waals surface area (Å²) in [6, 6.07) is 6.51. The van der Waals surface area contributed by atoms with Crippen molar-refractivity contribution in [2.75, 3.05) is 0 Å². The zero-order valence-electron chi connectivity index (χ0n) is 11.5. The van der Waals surface area contributed by atoms with Gasteiger partial charge in [-0.05, 0) is 42.7 Å². The van der Waals surface area contributed by atoms with Crippen LogP contribution in [0.3, 0.4) is 0 Å². The van der Waals surface area contributed by atoms with E-state index < -0.39 is 0 Å². The van der Waals surface area contributed by atoms with Gasteiger partial charge in [0.25, 0.3) is 0 Å². The fraction of sp³-hybridized carbons (Fsp3) is 0.588. The Labute approximate surface area is 111 Å². The van der Waals surface area contributed by atoms with Crippen molar-refractivity contribution in [2.45, 2.75) is 64.2 Å². The second-order valence-electron chi connectivity index (χ2n) is 5.51. The predicted molar refractivity (Wildman–Crippen MR) is 76.3 cm³/mol. The summed E-state index contributed by atoms with van der Waals surface area (Å²) in [6.07, 6.45) is 11.2. The average Bonchev–Trinajstić information content (AvgIpc) is 2.45. The highest BCUT2D eigenvalue weighted by molar-refractivity contribution is 5.77. The van der Waals surface area contributed by atoms with E-state index in [1.54, 1.807) is 0 Å². The Bertz CT molecular complexity index is 389. The van der Waals surface area contributed by atoms with Crippen LogP contribution in [-0.4, -0.2) is 6.29 Å². The van der Waals surface area contributed by atoms with Gasteiger partial charge in [0, 0.05) is 5.56 Å². The predicted octanol–water partition coefficient (Wildman–Crippen LogP) is 4.89. The van der Waals surface area contributed by atoms with Gasteiger partial charge in [0.15, 0.2) is 0 Å². The SMILES string of the molecule is CCCCc1cc(C2CCCCC2)ccc1C=O. The summed E-state index contributed by atoms with van der Waals surface area (Å²) in [7, 11) is 0. The molecule has 1 saturated carbocycles. The molecule has 2 rings (SSSR count). The largest absolute Gasteiger partial charge is 0.298 e. The topological polar surface area (TPSA) is 17.1 Å². The number of unbranched alkanes of at least 4 members (excludes halogenated alkanes) is 1. The maximum absolute atomic E-state index is 11.1. The summed E-state index contributed by atoms with van der Waals surface area (Å²) < 4.78 is 0. The molecule has 1 fully saturated rings. The van der Waals surface area contributed by atoms with Crippen LogP contribution in [0, 0.1) is 0 Å². The molecule has 1 aromatic carbocycles. The zero-order chi connectivity index (χ0) is 12.8. The number of benzene rings is 1. The van der Waals surface area contributed by atoms with Crippen LogP contribution in [0.15, 0.2) is 18.2 Å². The minimum Gasteiger partial charge on any atom is -0.298 e. The van der Waals surface area contributed by atoms with Crippen LogP contribution < -0.4 is 0 Å². The van der Waals surface area contributed by atoms with Crippen LogP contribution in [0.2, 0.25) is 0 Å². The van der Waals surface area contributed by atoms with Gasteiger partial charge in [-0.1, -0.05) is 50.8 Å². The number of aryl methyl sites for hydroxylation is 1. The summed E-state index contributed by atoms with van der Waals surface area (Å²) in [5.41, 5.74) is 3.62. The highest BCUT2D eigenvalue weighted by atomic mass is 16.1. The lowest BCUT2D eigenvalue weighted by Gasteiger charge is -2.22. The molecule has 1 aromatic rings.